The molecular weight excluding hydrogens is 314 g/mol. The molecule has 1 atom stereocenters. The molecule has 3 heterocycles. The van der Waals surface area contributed by atoms with Crippen LogP contribution in [0.4, 0.5) is 5.82 Å². The zero-order chi connectivity index (χ0) is 17.1. The first-order valence-corrected chi connectivity index (χ1v) is 8.47. The van der Waals surface area contributed by atoms with Crippen LogP contribution in [0.5, 0.6) is 0 Å². The Bertz CT molecular complexity index is 878. The quantitative estimate of drug-likeness (QED) is 0.797. The van der Waals surface area contributed by atoms with Crippen molar-refractivity contribution in [2.75, 3.05) is 18.0 Å². The number of carbonyl (C=O) groups is 1. The van der Waals surface area contributed by atoms with E-state index >= 15 is 0 Å². The number of anilines is 1. The van der Waals surface area contributed by atoms with E-state index in [1.54, 1.807) is 30.9 Å². The number of pyridine rings is 1. The van der Waals surface area contributed by atoms with E-state index in [0.29, 0.717) is 5.56 Å². The van der Waals surface area contributed by atoms with Gasteiger partial charge in [-0.1, -0.05) is 12.1 Å². The smallest absolute Gasteiger partial charge is 0.253 e. The van der Waals surface area contributed by atoms with Crippen LogP contribution in [0.2, 0.25) is 0 Å². The number of aromatic nitrogens is 3. The number of hydrogen-bond donors (Lipinski definition) is 1. The Hall–Kier alpha value is -3.02. The largest absolute Gasteiger partial charge is 0.354 e. The molecule has 126 valence electrons. The van der Waals surface area contributed by atoms with Crippen LogP contribution in [-0.2, 0) is 0 Å². The van der Waals surface area contributed by atoms with Gasteiger partial charge in [0.05, 0.1) is 11.1 Å². The second kappa shape index (κ2) is 6.84. The van der Waals surface area contributed by atoms with Gasteiger partial charge >= 0.3 is 0 Å². The summed E-state index contributed by atoms with van der Waals surface area (Å²) in [6.07, 6.45) is 6.84. The summed E-state index contributed by atoms with van der Waals surface area (Å²) < 4.78 is 0. The van der Waals surface area contributed by atoms with Crippen LogP contribution in [0.15, 0.2) is 55.1 Å². The van der Waals surface area contributed by atoms with Crippen molar-refractivity contribution in [3.63, 3.8) is 0 Å². The van der Waals surface area contributed by atoms with Gasteiger partial charge in [-0.2, -0.15) is 0 Å². The van der Waals surface area contributed by atoms with Gasteiger partial charge in [-0.05, 0) is 37.1 Å². The number of benzene rings is 1. The zero-order valence-corrected chi connectivity index (χ0v) is 13.8. The summed E-state index contributed by atoms with van der Waals surface area (Å²) in [6, 6.07) is 11.7. The van der Waals surface area contributed by atoms with Crippen LogP contribution < -0.4 is 10.2 Å². The highest BCUT2D eigenvalue weighted by molar-refractivity contribution is 5.94. The average Bonchev–Trinajstić information content (AvgIpc) is 2.68. The molecule has 6 heteroatoms. The van der Waals surface area contributed by atoms with Crippen molar-refractivity contribution in [2.45, 2.75) is 18.9 Å². The molecule has 3 aromatic rings. The predicted octanol–water partition coefficient (Wildman–Crippen LogP) is 2.42. The van der Waals surface area contributed by atoms with E-state index in [4.69, 9.17) is 0 Å². The molecule has 1 unspecified atom stereocenters. The van der Waals surface area contributed by atoms with Crippen molar-refractivity contribution in [2.24, 2.45) is 0 Å². The molecule has 1 N–H and O–H groups in total. The van der Waals surface area contributed by atoms with E-state index in [2.05, 4.69) is 25.2 Å². The first-order chi connectivity index (χ1) is 12.3. The Morgan fingerprint density at radius 1 is 1.16 bits per heavy atom. The molecule has 6 nitrogen and oxygen atoms in total. The fraction of sp³-hybridized carbons (Fsp3) is 0.263. The van der Waals surface area contributed by atoms with Gasteiger partial charge in [0.25, 0.3) is 5.91 Å². The fourth-order valence-electron chi connectivity index (χ4n) is 3.30. The highest BCUT2D eigenvalue weighted by Crippen LogP contribution is 2.25. The highest BCUT2D eigenvalue weighted by Gasteiger charge is 2.24. The van der Waals surface area contributed by atoms with Gasteiger partial charge in [0, 0.05) is 36.9 Å². The van der Waals surface area contributed by atoms with Crippen LogP contribution in [0.3, 0.4) is 0 Å². The Kier molecular flexibility index (Phi) is 4.24. The van der Waals surface area contributed by atoms with Crippen molar-refractivity contribution < 1.29 is 4.79 Å². The van der Waals surface area contributed by atoms with Crippen molar-refractivity contribution in [3.8, 4) is 0 Å². The second-order valence-corrected chi connectivity index (χ2v) is 6.21. The third-order valence-electron chi connectivity index (χ3n) is 4.50. The first-order valence-electron chi connectivity index (χ1n) is 8.47. The Labute approximate surface area is 145 Å². The van der Waals surface area contributed by atoms with E-state index in [0.717, 1.165) is 42.7 Å². The van der Waals surface area contributed by atoms with Crippen LogP contribution >= 0.6 is 0 Å². The van der Waals surface area contributed by atoms with Crippen molar-refractivity contribution in [1.29, 1.82) is 0 Å². The summed E-state index contributed by atoms with van der Waals surface area (Å²) >= 11 is 0. The molecule has 0 bridgehead atoms. The molecule has 1 fully saturated rings. The van der Waals surface area contributed by atoms with Crippen molar-refractivity contribution in [3.05, 3.63) is 60.7 Å². The van der Waals surface area contributed by atoms with Crippen LogP contribution in [0, 0.1) is 0 Å². The molecule has 25 heavy (non-hydrogen) atoms. The SMILES string of the molecule is O=C(NC1CCCN(c2ncnc3ccccc23)C1)c1cccnc1. The van der Waals surface area contributed by atoms with E-state index in [1.165, 1.54) is 0 Å². The standard InChI is InChI=1S/C19H19N5O/c25-19(14-5-3-9-20-11-14)23-15-6-4-10-24(12-15)18-16-7-1-2-8-17(16)21-13-22-18/h1-3,5,7-9,11,13,15H,4,6,10,12H2,(H,23,25). The summed E-state index contributed by atoms with van der Waals surface area (Å²) in [5.74, 6) is 0.860. The third kappa shape index (κ3) is 3.28. The molecule has 1 amide bonds. The maximum atomic E-state index is 12.4. The Morgan fingerprint density at radius 2 is 2.08 bits per heavy atom. The lowest BCUT2D eigenvalue weighted by atomic mass is 10.0. The average molecular weight is 333 g/mol. The van der Waals surface area contributed by atoms with Crippen LogP contribution in [0.25, 0.3) is 10.9 Å². The summed E-state index contributed by atoms with van der Waals surface area (Å²) in [7, 11) is 0. The zero-order valence-electron chi connectivity index (χ0n) is 13.8. The predicted molar refractivity (Wildman–Crippen MR) is 96.5 cm³/mol. The van der Waals surface area contributed by atoms with Gasteiger partial charge in [0.2, 0.25) is 0 Å². The maximum Gasteiger partial charge on any atom is 0.253 e. The number of carbonyl (C=O) groups excluding carboxylic acids is 1. The maximum absolute atomic E-state index is 12.4. The minimum absolute atomic E-state index is 0.0764. The van der Waals surface area contributed by atoms with Gasteiger partial charge in [0.1, 0.15) is 12.1 Å². The minimum Gasteiger partial charge on any atom is -0.354 e. The molecule has 2 aromatic heterocycles. The van der Waals surface area contributed by atoms with Crippen LogP contribution in [-0.4, -0.2) is 40.0 Å². The van der Waals surface area contributed by atoms with E-state index in [-0.39, 0.29) is 11.9 Å². The Morgan fingerprint density at radius 3 is 2.96 bits per heavy atom. The lowest BCUT2D eigenvalue weighted by molar-refractivity contribution is 0.0933. The third-order valence-corrected chi connectivity index (χ3v) is 4.50. The highest BCUT2D eigenvalue weighted by atomic mass is 16.1. The summed E-state index contributed by atoms with van der Waals surface area (Å²) in [5, 5.41) is 4.16. The van der Waals surface area contributed by atoms with E-state index in [9.17, 15) is 4.79 Å². The summed E-state index contributed by atoms with van der Waals surface area (Å²) in [5.41, 5.74) is 1.53. The molecule has 0 saturated carbocycles. The molecule has 1 saturated heterocycles. The number of hydrogen-bond acceptors (Lipinski definition) is 5. The number of nitrogens with zero attached hydrogens (tertiary/aromatic N) is 4. The Balaban J connectivity index is 1.52. The van der Waals surface area contributed by atoms with Crippen LogP contribution in [0.1, 0.15) is 23.2 Å². The summed E-state index contributed by atoms with van der Waals surface area (Å²) in [6.45, 7) is 1.67. The van der Waals surface area contributed by atoms with Gasteiger partial charge < -0.3 is 10.2 Å². The number of fused-ring (bicyclic) bond motifs is 1. The van der Waals surface area contributed by atoms with Crippen molar-refractivity contribution in [1.82, 2.24) is 20.3 Å². The number of rotatable bonds is 3. The normalized spacial score (nSPS) is 17.4. The molecular formula is C19H19N5O. The van der Waals surface area contributed by atoms with Gasteiger partial charge in [-0.25, -0.2) is 9.97 Å². The topological polar surface area (TPSA) is 71.0 Å². The van der Waals surface area contributed by atoms with Gasteiger partial charge in [-0.3, -0.25) is 9.78 Å². The number of nitrogens with one attached hydrogen (secondary N) is 1. The molecule has 0 spiro atoms. The van der Waals surface area contributed by atoms with Crippen molar-refractivity contribution >= 4 is 22.6 Å². The van der Waals surface area contributed by atoms with Gasteiger partial charge in [-0.15, -0.1) is 0 Å². The van der Waals surface area contributed by atoms with Gasteiger partial charge in [0.15, 0.2) is 0 Å². The first kappa shape index (κ1) is 15.5. The molecule has 0 radical (unpaired) electrons. The summed E-state index contributed by atoms with van der Waals surface area (Å²) in [4.78, 5) is 27.4. The lowest BCUT2D eigenvalue weighted by Crippen LogP contribution is -2.48. The molecule has 1 aromatic carbocycles. The van der Waals surface area contributed by atoms with E-state index in [1.807, 2.05) is 24.3 Å². The monoisotopic (exact) mass is 333 g/mol. The number of amides is 1. The minimum atomic E-state index is -0.0764. The molecule has 1 aliphatic heterocycles. The second-order valence-electron chi connectivity index (χ2n) is 6.21. The molecule has 1 aliphatic rings. The number of piperidine rings is 1. The van der Waals surface area contributed by atoms with E-state index < -0.39 is 0 Å². The lowest BCUT2D eigenvalue weighted by Gasteiger charge is -2.34. The molecule has 0 aliphatic carbocycles. The number of para-hydroxylation sites is 1. The molecule has 4 rings (SSSR count). The fourth-order valence-corrected chi connectivity index (χ4v) is 3.30.